The van der Waals surface area contributed by atoms with Crippen molar-refractivity contribution < 1.29 is 27.2 Å². The average Bonchev–Trinajstić information content (AvgIpc) is 3.24. The number of aromatic amines is 1. The molecule has 0 fully saturated rings. The smallest absolute Gasteiger partial charge is 0.379 e. The minimum atomic E-state index is -4.89. The second kappa shape index (κ2) is 6.37. The molecule has 3 aromatic rings. The van der Waals surface area contributed by atoms with Gasteiger partial charge in [0, 0.05) is 6.07 Å². The third kappa shape index (κ3) is 3.49. The van der Waals surface area contributed by atoms with E-state index in [0.717, 1.165) is 6.20 Å². The number of nitrogens with one attached hydrogen (secondary N) is 2. The normalized spacial score (nSPS) is 14.2. The number of anilines is 1. The Morgan fingerprint density at radius 1 is 1.31 bits per heavy atom. The van der Waals surface area contributed by atoms with Crippen molar-refractivity contribution in [1.29, 1.82) is 0 Å². The van der Waals surface area contributed by atoms with E-state index >= 15 is 0 Å². The van der Waals surface area contributed by atoms with E-state index in [0.29, 0.717) is 18.3 Å². The van der Waals surface area contributed by atoms with E-state index in [2.05, 4.69) is 30.6 Å². The highest BCUT2D eigenvalue weighted by Crippen LogP contribution is 2.30. The molecule has 3 N–H and O–H groups in total. The Bertz CT molecular complexity index is 891. The van der Waals surface area contributed by atoms with Gasteiger partial charge < -0.3 is 14.9 Å². The van der Waals surface area contributed by atoms with Gasteiger partial charge >= 0.3 is 6.18 Å². The van der Waals surface area contributed by atoms with Crippen LogP contribution in [0.1, 0.15) is 6.92 Å². The van der Waals surface area contributed by atoms with Gasteiger partial charge in [0.25, 0.3) is 0 Å². The topological polar surface area (TPSA) is 113 Å². The van der Waals surface area contributed by atoms with Gasteiger partial charge in [-0.05, 0) is 13.0 Å². The van der Waals surface area contributed by atoms with Gasteiger partial charge in [-0.2, -0.15) is 18.3 Å². The summed E-state index contributed by atoms with van der Waals surface area (Å²) >= 11 is 0. The summed E-state index contributed by atoms with van der Waals surface area (Å²) in [6.45, 7) is -0.421. The number of hydrogen-bond donors (Lipinski definition) is 3. The van der Waals surface area contributed by atoms with Crippen LogP contribution < -0.4 is 5.32 Å². The lowest BCUT2D eigenvalue weighted by Gasteiger charge is -2.26. The fraction of sp³-hybridized carbons (Fsp3) is 0.286. The molecule has 0 aliphatic heterocycles. The lowest BCUT2D eigenvalue weighted by atomic mass is 10.1. The van der Waals surface area contributed by atoms with Gasteiger partial charge in [0.1, 0.15) is 23.3 Å². The lowest BCUT2D eigenvalue weighted by Crippen LogP contribution is -2.47. The maximum atomic E-state index is 13.8. The lowest BCUT2D eigenvalue weighted by molar-refractivity contribution is -0.246. The first-order valence-corrected chi connectivity index (χ1v) is 7.19. The first-order chi connectivity index (χ1) is 12.2. The van der Waals surface area contributed by atoms with E-state index in [1.807, 2.05) is 0 Å². The van der Waals surface area contributed by atoms with E-state index in [4.69, 9.17) is 4.52 Å². The van der Waals surface area contributed by atoms with Gasteiger partial charge in [-0.1, -0.05) is 5.16 Å². The molecule has 0 radical (unpaired) electrons. The Hall–Kier alpha value is -3.02. The van der Waals surface area contributed by atoms with Crippen LogP contribution in [0.15, 0.2) is 29.1 Å². The highest BCUT2D eigenvalue weighted by atomic mass is 19.4. The van der Waals surface area contributed by atoms with Crippen molar-refractivity contribution in [2.75, 3.05) is 11.9 Å². The second-order valence-corrected chi connectivity index (χ2v) is 5.57. The molecule has 1 unspecified atom stereocenters. The molecule has 3 aromatic heterocycles. The van der Waals surface area contributed by atoms with Crippen LogP contribution in [0.4, 0.5) is 23.4 Å². The maximum Gasteiger partial charge on any atom is 0.418 e. The molecule has 0 aliphatic carbocycles. The predicted octanol–water partition coefficient (Wildman–Crippen LogP) is 2.39. The molecule has 0 aliphatic rings. The summed E-state index contributed by atoms with van der Waals surface area (Å²) in [5, 5.41) is 21.9. The van der Waals surface area contributed by atoms with Crippen molar-refractivity contribution in [2.45, 2.75) is 18.7 Å². The Labute approximate surface area is 143 Å². The van der Waals surface area contributed by atoms with Crippen molar-refractivity contribution in [3.8, 4) is 22.9 Å². The largest absolute Gasteiger partial charge is 0.418 e. The van der Waals surface area contributed by atoms with E-state index in [9.17, 15) is 22.7 Å². The van der Waals surface area contributed by atoms with Gasteiger partial charge in [0.2, 0.25) is 0 Å². The van der Waals surface area contributed by atoms with E-state index < -0.39 is 30.0 Å². The van der Waals surface area contributed by atoms with Crippen LogP contribution in [-0.4, -0.2) is 48.8 Å². The SMILES string of the molecule is CC(O)(CNc1nc(-c2cc(-c3ccon3)n[nH]2)ncc1F)C(F)(F)F. The number of rotatable bonds is 5. The van der Waals surface area contributed by atoms with Gasteiger partial charge in [0.05, 0.1) is 12.7 Å². The van der Waals surface area contributed by atoms with Crippen LogP contribution in [0.25, 0.3) is 22.9 Å². The summed E-state index contributed by atoms with van der Waals surface area (Å²) < 4.78 is 56.5. The monoisotopic (exact) mass is 372 g/mol. The molecule has 26 heavy (non-hydrogen) atoms. The molecule has 138 valence electrons. The van der Waals surface area contributed by atoms with Gasteiger partial charge in [-0.15, -0.1) is 0 Å². The number of aliphatic hydroxyl groups is 1. The highest BCUT2D eigenvalue weighted by Gasteiger charge is 2.49. The molecule has 1 atom stereocenters. The van der Waals surface area contributed by atoms with Gasteiger partial charge in [-0.3, -0.25) is 5.10 Å². The number of alkyl halides is 3. The molecule has 3 heterocycles. The van der Waals surface area contributed by atoms with Crippen molar-refractivity contribution in [3.05, 3.63) is 30.4 Å². The summed E-state index contributed by atoms with van der Waals surface area (Å²) in [6.07, 6.45) is -2.74. The first kappa shape index (κ1) is 17.8. The van der Waals surface area contributed by atoms with Crippen LogP contribution in [0, 0.1) is 5.82 Å². The standard InChI is InChI=1S/C14H12F4N6O2/c1-13(25,14(16,17)18)6-20-11-7(15)5-19-12(21-11)10-4-9(22-23-10)8-2-3-26-24-8/h2-5,25H,6H2,1H3,(H,22,23)(H,19,20,21). The minimum Gasteiger partial charge on any atom is -0.379 e. The molecule has 0 spiro atoms. The fourth-order valence-corrected chi connectivity index (χ4v) is 1.89. The number of H-pyrrole nitrogens is 1. The molecule has 0 bridgehead atoms. The zero-order valence-corrected chi connectivity index (χ0v) is 13.2. The van der Waals surface area contributed by atoms with Crippen LogP contribution >= 0.6 is 0 Å². The highest BCUT2D eigenvalue weighted by molar-refractivity contribution is 5.62. The summed E-state index contributed by atoms with van der Waals surface area (Å²) in [7, 11) is 0. The summed E-state index contributed by atoms with van der Waals surface area (Å²) in [6, 6.07) is 3.08. The zero-order chi connectivity index (χ0) is 18.9. The van der Waals surface area contributed by atoms with Crippen LogP contribution in [0.5, 0.6) is 0 Å². The molecule has 0 saturated heterocycles. The van der Waals surface area contributed by atoms with Gasteiger partial charge in [-0.25, -0.2) is 14.4 Å². The Morgan fingerprint density at radius 2 is 2.08 bits per heavy atom. The quantitative estimate of drug-likeness (QED) is 0.590. The summed E-state index contributed by atoms with van der Waals surface area (Å²) in [5.74, 6) is -1.47. The number of aromatic nitrogens is 5. The van der Waals surface area contributed by atoms with Crippen LogP contribution in [0.2, 0.25) is 0 Å². The molecule has 0 amide bonds. The Balaban J connectivity index is 1.82. The summed E-state index contributed by atoms with van der Waals surface area (Å²) in [4.78, 5) is 7.60. The average molecular weight is 372 g/mol. The number of nitrogens with zero attached hydrogens (tertiary/aromatic N) is 4. The molecule has 3 rings (SSSR count). The molecular formula is C14H12F4N6O2. The van der Waals surface area contributed by atoms with Crippen molar-refractivity contribution in [1.82, 2.24) is 25.3 Å². The van der Waals surface area contributed by atoms with E-state index in [1.54, 1.807) is 6.07 Å². The fourth-order valence-electron chi connectivity index (χ4n) is 1.89. The first-order valence-electron chi connectivity index (χ1n) is 7.19. The Morgan fingerprint density at radius 3 is 2.73 bits per heavy atom. The second-order valence-electron chi connectivity index (χ2n) is 5.57. The third-order valence-electron chi connectivity index (χ3n) is 3.47. The minimum absolute atomic E-state index is 0.0113. The predicted molar refractivity (Wildman–Crippen MR) is 80.2 cm³/mol. The maximum absolute atomic E-state index is 13.8. The van der Waals surface area contributed by atoms with Crippen molar-refractivity contribution in [3.63, 3.8) is 0 Å². The summed E-state index contributed by atoms with van der Waals surface area (Å²) in [5.41, 5.74) is -1.92. The number of halogens is 4. The molecule has 0 aromatic carbocycles. The van der Waals surface area contributed by atoms with Crippen molar-refractivity contribution >= 4 is 5.82 Å². The third-order valence-corrected chi connectivity index (χ3v) is 3.47. The molecule has 0 saturated carbocycles. The molecular weight excluding hydrogens is 360 g/mol. The zero-order valence-electron chi connectivity index (χ0n) is 13.2. The van der Waals surface area contributed by atoms with E-state index in [1.165, 1.54) is 12.3 Å². The van der Waals surface area contributed by atoms with Crippen molar-refractivity contribution in [2.24, 2.45) is 0 Å². The van der Waals surface area contributed by atoms with Crippen LogP contribution in [0.3, 0.4) is 0 Å². The van der Waals surface area contributed by atoms with Crippen LogP contribution in [-0.2, 0) is 0 Å². The Kier molecular flexibility index (Phi) is 4.36. The van der Waals surface area contributed by atoms with Gasteiger partial charge in [0.15, 0.2) is 23.1 Å². The van der Waals surface area contributed by atoms with E-state index in [-0.39, 0.29) is 11.5 Å². The number of hydrogen-bond acceptors (Lipinski definition) is 7. The molecule has 12 heteroatoms. The molecule has 8 nitrogen and oxygen atoms in total.